The Morgan fingerprint density at radius 1 is 1.00 bits per heavy atom. The third-order valence-electron chi connectivity index (χ3n) is 4.78. The van der Waals surface area contributed by atoms with Crippen molar-refractivity contribution in [2.45, 2.75) is 71.3 Å². The number of carbonyl (C=O) groups is 1. The average Bonchev–Trinajstić information content (AvgIpc) is 2.31. The number of nitrogens with zero attached hydrogens (tertiary/aromatic N) is 1. The van der Waals surface area contributed by atoms with Crippen LogP contribution in [0.1, 0.15) is 65.2 Å². The van der Waals surface area contributed by atoms with Crippen molar-refractivity contribution < 1.29 is 4.79 Å². The molecule has 1 amide bonds. The third-order valence-corrected chi connectivity index (χ3v) is 4.78. The van der Waals surface area contributed by atoms with Crippen LogP contribution in [0.2, 0.25) is 0 Å². The SMILES string of the molecule is CC1CC(C)CN(CC(=O)NC2CCCCCCC2)C1. The number of carbonyl (C=O) groups excluding carboxylic acids is 1. The molecule has 1 aliphatic carbocycles. The summed E-state index contributed by atoms with van der Waals surface area (Å²) in [4.78, 5) is 14.6. The van der Waals surface area contributed by atoms with Crippen LogP contribution in [-0.2, 0) is 4.79 Å². The summed E-state index contributed by atoms with van der Waals surface area (Å²) in [6, 6.07) is 0.433. The summed E-state index contributed by atoms with van der Waals surface area (Å²) < 4.78 is 0. The maximum atomic E-state index is 12.2. The lowest BCUT2D eigenvalue weighted by atomic mass is 9.92. The van der Waals surface area contributed by atoms with Crippen molar-refractivity contribution in [1.29, 1.82) is 0 Å². The van der Waals surface area contributed by atoms with Crippen molar-refractivity contribution in [2.24, 2.45) is 11.8 Å². The molecule has 0 bridgehead atoms. The molecule has 1 saturated carbocycles. The van der Waals surface area contributed by atoms with Crippen LogP contribution in [0.4, 0.5) is 0 Å². The minimum absolute atomic E-state index is 0.247. The molecule has 1 aliphatic heterocycles. The summed E-state index contributed by atoms with van der Waals surface area (Å²) in [5, 5.41) is 3.28. The molecule has 1 N–H and O–H groups in total. The van der Waals surface area contributed by atoms with E-state index < -0.39 is 0 Å². The minimum atomic E-state index is 0.247. The Morgan fingerprint density at radius 2 is 1.55 bits per heavy atom. The number of likely N-dealkylation sites (tertiary alicyclic amines) is 1. The normalized spacial score (nSPS) is 30.5. The van der Waals surface area contributed by atoms with E-state index in [9.17, 15) is 4.79 Å². The van der Waals surface area contributed by atoms with Crippen LogP contribution in [-0.4, -0.2) is 36.5 Å². The fraction of sp³-hybridized carbons (Fsp3) is 0.941. The molecule has 2 atom stereocenters. The van der Waals surface area contributed by atoms with E-state index in [1.54, 1.807) is 0 Å². The fourth-order valence-corrected chi connectivity index (χ4v) is 4.00. The van der Waals surface area contributed by atoms with E-state index in [2.05, 4.69) is 24.1 Å². The van der Waals surface area contributed by atoms with Crippen LogP contribution in [0.5, 0.6) is 0 Å². The molecular formula is C17H32N2O. The molecule has 2 unspecified atom stereocenters. The quantitative estimate of drug-likeness (QED) is 0.861. The molecule has 0 aromatic carbocycles. The van der Waals surface area contributed by atoms with Gasteiger partial charge in [-0.25, -0.2) is 0 Å². The Morgan fingerprint density at radius 3 is 2.15 bits per heavy atom. The first-order valence-electron chi connectivity index (χ1n) is 8.65. The van der Waals surface area contributed by atoms with Gasteiger partial charge in [-0.2, -0.15) is 0 Å². The molecule has 1 saturated heterocycles. The van der Waals surface area contributed by atoms with Crippen molar-refractivity contribution in [3.05, 3.63) is 0 Å². The van der Waals surface area contributed by atoms with E-state index in [4.69, 9.17) is 0 Å². The molecule has 1 heterocycles. The molecule has 2 rings (SSSR count). The van der Waals surface area contributed by atoms with E-state index in [0.29, 0.717) is 12.6 Å². The molecule has 2 aliphatic rings. The monoisotopic (exact) mass is 280 g/mol. The van der Waals surface area contributed by atoms with Gasteiger partial charge in [0.15, 0.2) is 0 Å². The zero-order valence-corrected chi connectivity index (χ0v) is 13.4. The predicted octanol–water partition coefficient (Wildman–Crippen LogP) is 3.19. The minimum Gasteiger partial charge on any atom is -0.352 e. The van der Waals surface area contributed by atoms with Crippen LogP contribution in [0.3, 0.4) is 0 Å². The Hall–Kier alpha value is -0.570. The van der Waals surface area contributed by atoms with Crippen molar-refractivity contribution in [3.8, 4) is 0 Å². The second-order valence-electron chi connectivity index (χ2n) is 7.25. The highest BCUT2D eigenvalue weighted by Crippen LogP contribution is 2.21. The zero-order chi connectivity index (χ0) is 14.4. The highest BCUT2D eigenvalue weighted by molar-refractivity contribution is 5.78. The van der Waals surface area contributed by atoms with Gasteiger partial charge in [0, 0.05) is 19.1 Å². The molecule has 0 aromatic heterocycles. The fourth-order valence-electron chi connectivity index (χ4n) is 4.00. The Labute approximate surface area is 124 Å². The molecule has 20 heavy (non-hydrogen) atoms. The number of hydrogen-bond donors (Lipinski definition) is 1. The van der Waals surface area contributed by atoms with Gasteiger partial charge in [0.25, 0.3) is 0 Å². The van der Waals surface area contributed by atoms with Gasteiger partial charge in [0.1, 0.15) is 0 Å². The molecule has 2 fully saturated rings. The average molecular weight is 280 g/mol. The number of piperidine rings is 1. The summed E-state index contributed by atoms with van der Waals surface area (Å²) >= 11 is 0. The maximum absolute atomic E-state index is 12.2. The van der Waals surface area contributed by atoms with Gasteiger partial charge >= 0.3 is 0 Å². The second-order valence-corrected chi connectivity index (χ2v) is 7.25. The van der Waals surface area contributed by atoms with Crippen LogP contribution < -0.4 is 5.32 Å². The van der Waals surface area contributed by atoms with Crippen LogP contribution in [0.25, 0.3) is 0 Å². The number of amides is 1. The van der Waals surface area contributed by atoms with Crippen molar-refractivity contribution in [1.82, 2.24) is 10.2 Å². The van der Waals surface area contributed by atoms with Gasteiger partial charge in [0.05, 0.1) is 6.54 Å². The van der Waals surface area contributed by atoms with Gasteiger partial charge in [-0.3, -0.25) is 9.69 Å². The van der Waals surface area contributed by atoms with E-state index in [0.717, 1.165) is 24.9 Å². The highest BCUT2D eigenvalue weighted by Gasteiger charge is 2.24. The van der Waals surface area contributed by atoms with Gasteiger partial charge in [-0.15, -0.1) is 0 Å². The molecular weight excluding hydrogens is 248 g/mol. The maximum Gasteiger partial charge on any atom is 0.234 e. The van der Waals surface area contributed by atoms with Gasteiger partial charge in [-0.05, 0) is 31.1 Å². The molecule has 0 radical (unpaired) electrons. The Bertz CT molecular complexity index is 287. The second kappa shape index (κ2) is 8.02. The van der Waals surface area contributed by atoms with Gasteiger partial charge in [0.2, 0.25) is 5.91 Å². The van der Waals surface area contributed by atoms with Gasteiger partial charge in [-0.1, -0.05) is 46.0 Å². The predicted molar refractivity (Wildman–Crippen MR) is 83.6 cm³/mol. The standard InChI is InChI=1S/C17H32N2O/c1-14-10-15(2)12-19(11-14)13-17(20)18-16-8-6-4-3-5-7-9-16/h14-16H,3-13H2,1-2H3,(H,18,20). The number of nitrogens with one attached hydrogen (secondary N) is 1. The lowest BCUT2D eigenvalue weighted by molar-refractivity contribution is -0.123. The Kier molecular flexibility index (Phi) is 6.34. The van der Waals surface area contributed by atoms with Crippen LogP contribution >= 0.6 is 0 Å². The molecule has 116 valence electrons. The topological polar surface area (TPSA) is 32.3 Å². The lowest BCUT2D eigenvalue weighted by Gasteiger charge is -2.34. The van der Waals surface area contributed by atoms with Gasteiger partial charge < -0.3 is 5.32 Å². The molecule has 3 nitrogen and oxygen atoms in total. The summed E-state index contributed by atoms with van der Waals surface area (Å²) in [7, 11) is 0. The molecule has 0 aromatic rings. The summed E-state index contributed by atoms with van der Waals surface area (Å²) in [6.07, 6.45) is 10.3. The highest BCUT2D eigenvalue weighted by atomic mass is 16.2. The smallest absolute Gasteiger partial charge is 0.234 e. The Balaban J connectivity index is 1.73. The van der Waals surface area contributed by atoms with E-state index >= 15 is 0 Å². The van der Waals surface area contributed by atoms with E-state index in [-0.39, 0.29) is 5.91 Å². The summed E-state index contributed by atoms with van der Waals surface area (Å²) in [5.74, 6) is 1.71. The van der Waals surface area contributed by atoms with Crippen molar-refractivity contribution in [2.75, 3.05) is 19.6 Å². The van der Waals surface area contributed by atoms with Crippen LogP contribution in [0, 0.1) is 11.8 Å². The van der Waals surface area contributed by atoms with Crippen LogP contribution in [0.15, 0.2) is 0 Å². The van der Waals surface area contributed by atoms with E-state index in [1.807, 2.05) is 0 Å². The molecule has 3 heteroatoms. The third kappa shape index (κ3) is 5.43. The first-order chi connectivity index (χ1) is 9.63. The summed E-state index contributed by atoms with van der Waals surface area (Å²) in [5.41, 5.74) is 0. The number of rotatable bonds is 3. The van der Waals surface area contributed by atoms with Crippen molar-refractivity contribution in [3.63, 3.8) is 0 Å². The largest absolute Gasteiger partial charge is 0.352 e. The van der Waals surface area contributed by atoms with Crippen molar-refractivity contribution >= 4 is 5.91 Å². The number of hydrogen-bond acceptors (Lipinski definition) is 2. The first-order valence-corrected chi connectivity index (χ1v) is 8.65. The lowest BCUT2D eigenvalue weighted by Crippen LogP contribution is -2.46. The first kappa shape index (κ1) is 15.8. The molecule has 0 spiro atoms. The van der Waals surface area contributed by atoms with E-state index in [1.165, 1.54) is 51.4 Å². The summed E-state index contributed by atoms with van der Waals surface area (Å²) in [6.45, 7) is 7.38. The zero-order valence-electron chi connectivity index (χ0n) is 13.4.